The van der Waals surface area contributed by atoms with Crippen molar-refractivity contribution in [2.45, 2.75) is 46.6 Å². The molecule has 1 atom stereocenters. The Labute approximate surface area is 102 Å². The van der Waals surface area contributed by atoms with Gasteiger partial charge in [-0.3, -0.25) is 4.79 Å². The average Bonchev–Trinajstić information content (AvgIpc) is 2.15. The van der Waals surface area contributed by atoms with Gasteiger partial charge in [0.25, 0.3) is 0 Å². The average molecular weight is 236 g/mol. The minimum Gasteiger partial charge on any atom is -0.475 e. The number of ether oxygens (including phenoxy) is 1. The van der Waals surface area contributed by atoms with E-state index in [4.69, 9.17) is 4.74 Å². The molecule has 0 aliphatic heterocycles. The highest BCUT2D eigenvalue weighted by molar-refractivity contribution is 5.83. The van der Waals surface area contributed by atoms with Crippen molar-refractivity contribution in [3.8, 4) is 5.88 Å². The summed E-state index contributed by atoms with van der Waals surface area (Å²) in [7, 11) is 0. The molecule has 17 heavy (non-hydrogen) atoms. The van der Waals surface area contributed by atoms with Gasteiger partial charge in [-0.2, -0.15) is 0 Å². The fourth-order valence-corrected chi connectivity index (χ4v) is 1.85. The van der Waals surface area contributed by atoms with E-state index >= 15 is 0 Å². The lowest BCUT2D eigenvalue weighted by Crippen LogP contribution is -2.17. The van der Waals surface area contributed by atoms with Crippen LogP contribution in [0.4, 0.5) is 0 Å². The van der Waals surface area contributed by atoms with Gasteiger partial charge in [0.2, 0.25) is 5.88 Å². The van der Waals surface area contributed by atoms with Crippen LogP contribution in [-0.4, -0.2) is 21.9 Å². The Morgan fingerprint density at radius 1 is 1.24 bits per heavy atom. The summed E-state index contributed by atoms with van der Waals surface area (Å²) in [6.45, 7) is 9.49. The molecule has 0 radical (unpaired) electrons. The van der Waals surface area contributed by atoms with Gasteiger partial charge in [-0.15, -0.1) is 0 Å². The van der Waals surface area contributed by atoms with Crippen LogP contribution in [0, 0.1) is 5.92 Å². The highest BCUT2D eigenvalue weighted by Crippen LogP contribution is 2.25. The van der Waals surface area contributed by atoms with Gasteiger partial charge in [0.05, 0.1) is 17.7 Å². The molecule has 1 rings (SSSR count). The number of carbonyl (C=O) groups excluding carboxylic acids is 1. The molecule has 4 nitrogen and oxygen atoms in total. The maximum atomic E-state index is 11.6. The van der Waals surface area contributed by atoms with Crippen molar-refractivity contribution in [2.75, 3.05) is 0 Å². The summed E-state index contributed by atoms with van der Waals surface area (Å²) >= 11 is 0. The van der Waals surface area contributed by atoms with Crippen molar-refractivity contribution in [1.29, 1.82) is 0 Å². The van der Waals surface area contributed by atoms with Gasteiger partial charge >= 0.3 is 0 Å². The molecule has 1 aromatic rings. The predicted octanol–water partition coefficient (Wildman–Crippen LogP) is 2.59. The van der Waals surface area contributed by atoms with Crippen molar-refractivity contribution in [2.24, 2.45) is 5.92 Å². The number of carbonyl (C=O) groups is 1. The van der Waals surface area contributed by atoms with E-state index in [0.29, 0.717) is 5.88 Å². The third-order valence-electron chi connectivity index (χ3n) is 2.44. The fraction of sp³-hybridized carbons (Fsp3) is 0.615. The molecule has 0 amide bonds. The van der Waals surface area contributed by atoms with Crippen LogP contribution in [0.5, 0.6) is 5.88 Å². The Morgan fingerprint density at radius 3 is 2.35 bits per heavy atom. The van der Waals surface area contributed by atoms with Crippen LogP contribution in [-0.2, 0) is 4.79 Å². The van der Waals surface area contributed by atoms with Crippen molar-refractivity contribution < 1.29 is 9.53 Å². The van der Waals surface area contributed by atoms with E-state index in [0.717, 1.165) is 5.69 Å². The third kappa shape index (κ3) is 3.80. The number of Topliss-reactive ketones (excluding diaryl/α,β-unsaturated/α-hetero) is 1. The van der Waals surface area contributed by atoms with Crippen molar-refractivity contribution in [3.05, 3.63) is 18.1 Å². The molecule has 1 heterocycles. The quantitative estimate of drug-likeness (QED) is 0.788. The van der Waals surface area contributed by atoms with E-state index in [1.807, 2.05) is 27.7 Å². The number of hydrogen-bond acceptors (Lipinski definition) is 4. The topological polar surface area (TPSA) is 52.1 Å². The molecule has 0 spiro atoms. The molecule has 4 heteroatoms. The van der Waals surface area contributed by atoms with E-state index in [1.165, 1.54) is 6.33 Å². The number of hydrogen-bond donors (Lipinski definition) is 0. The number of ketones is 1. The second kappa shape index (κ2) is 5.75. The lowest BCUT2D eigenvalue weighted by atomic mass is 9.89. The molecule has 1 aromatic heterocycles. The largest absolute Gasteiger partial charge is 0.475 e. The zero-order chi connectivity index (χ0) is 13.0. The first-order valence-electron chi connectivity index (χ1n) is 5.90. The van der Waals surface area contributed by atoms with Gasteiger partial charge in [-0.1, -0.05) is 13.8 Å². The van der Waals surface area contributed by atoms with Crippen molar-refractivity contribution >= 4 is 5.78 Å². The normalized spacial score (nSPS) is 12.9. The van der Waals surface area contributed by atoms with E-state index in [9.17, 15) is 4.79 Å². The van der Waals surface area contributed by atoms with Crippen LogP contribution in [0.15, 0.2) is 12.4 Å². The summed E-state index contributed by atoms with van der Waals surface area (Å²) in [6, 6.07) is 1.76. The first kappa shape index (κ1) is 13.6. The summed E-state index contributed by atoms with van der Waals surface area (Å²) < 4.78 is 5.50. The molecule has 1 unspecified atom stereocenters. The Balaban J connectivity index is 3.00. The smallest absolute Gasteiger partial charge is 0.216 e. The minimum absolute atomic E-state index is 0.0626. The van der Waals surface area contributed by atoms with Crippen LogP contribution in [0.2, 0.25) is 0 Å². The lowest BCUT2D eigenvalue weighted by molar-refractivity contribution is -0.119. The Bertz CT molecular complexity index is 389. The molecule has 0 aliphatic rings. The standard InChI is InChI=1S/C13H20N2O2/c1-8(2)13(10(5)16)11-6-12(15-7-14-11)17-9(3)4/h6-9,13H,1-5H3. The van der Waals surface area contributed by atoms with E-state index in [-0.39, 0.29) is 23.7 Å². The molecule has 0 fully saturated rings. The first-order chi connectivity index (χ1) is 7.91. The number of aromatic nitrogens is 2. The molecule has 0 N–H and O–H groups in total. The Kier molecular flexibility index (Phi) is 4.61. The first-order valence-corrected chi connectivity index (χ1v) is 5.90. The zero-order valence-corrected chi connectivity index (χ0v) is 11.1. The SMILES string of the molecule is CC(=O)C(c1cc(OC(C)C)ncn1)C(C)C. The zero-order valence-electron chi connectivity index (χ0n) is 11.1. The maximum Gasteiger partial charge on any atom is 0.216 e. The Hall–Kier alpha value is -1.45. The van der Waals surface area contributed by atoms with Crippen LogP contribution in [0.3, 0.4) is 0 Å². The summed E-state index contributed by atoms with van der Waals surface area (Å²) in [5, 5.41) is 0. The maximum absolute atomic E-state index is 11.6. The second-order valence-electron chi connectivity index (χ2n) is 4.78. The van der Waals surface area contributed by atoms with E-state index < -0.39 is 0 Å². The molecular formula is C13H20N2O2. The third-order valence-corrected chi connectivity index (χ3v) is 2.44. The van der Waals surface area contributed by atoms with E-state index in [2.05, 4.69) is 9.97 Å². The molecule has 0 saturated heterocycles. The minimum atomic E-state index is -0.187. The molecule has 0 aliphatic carbocycles. The van der Waals surface area contributed by atoms with Crippen LogP contribution >= 0.6 is 0 Å². The monoisotopic (exact) mass is 236 g/mol. The van der Waals surface area contributed by atoms with Gasteiger partial charge in [0, 0.05) is 6.07 Å². The highest BCUT2D eigenvalue weighted by Gasteiger charge is 2.22. The summed E-state index contributed by atoms with van der Waals surface area (Å²) in [5.41, 5.74) is 0.734. The number of rotatable bonds is 5. The van der Waals surface area contributed by atoms with Crippen molar-refractivity contribution in [3.63, 3.8) is 0 Å². The van der Waals surface area contributed by atoms with Crippen molar-refractivity contribution in [1.82, 2.24) is 9.97 Å². The van der Waals surface area contributed by atoms with Crippen LogP contribution < -0.4 is 4.74 Å². The Morgan fingerprint density at radius 2 is 1.88 bits per heavy atom. The highest BCUT2D eigenvalue weighted by atomic mass is 16.5. The lowest BCUT2D eigenvalue weighted by Gasteiger charge is -2.17. The predicted molar refractivity (Wildman–Crippen MR) is 66.1 cm³/mol. The van der Waals surface area contributed by atoms with Gasteiger partial charge in [-0.25, -0.2) is 9.97 Å². The van der Waals surface area contributed by atoms with Gasteiger partial charge < -0.3 is 4.74 Å². The van der Waals surface area contributed by atoms with Gasteiger partial charge in [0.1, 0.15) is 12.1 Å². The van der Waals surface area contributed by atoms with Gasteiger partial charge in [0.15, 0.2) is 0 Å². The summed E-state index contributed by atoms with van der Waals surface area (Å²) in [4.78, 5) is 19.8. The van der Waals surface area contributed by atoms with Crippen LogP contribution in [0.1, 0.15) is 46.2 Å². The molecule has 94 valence electrons. The second-order valence-corrected chi connectivity index (χ2v) is 4.78. The molecule has 0 bridgehead atoms. The molecule has 0 saturated carbocycles. The summed E-state index contributed by atoms with van der Waals surface area (Å²) in [6.07, 6.45) is 1.51. The summed E-state index contributed by atoms with van der Waals surface area (Å²) in [5.74, 6) is 0.674. The van der Waals surface area contributed by atoms with Crippen LogP contribution in [0.25, 0.3) is 0 Å². The fourth-order valence-electron chi connectivity index (χ4n) is 1.85. The van der Waals surface area contributed by atoms with E-state index in [1.54, 1.807) is 13.0 Å². The molecule has 0 aromatic carbocycles. The number of nitrogens with zero attached hydrogens (tertiary/aromatic N) is 2. The molecular weight excluding hydrogens is 216 g/mol. The van der Waals surface area contributed by atoms with Gasteiger partial charge in [-0.05, 0) is 26.7 Å².